The van der Waals surface area contributed by atoms with Crippen LogP contribution in [0.5, 0.6) is 0 Å². The summed E-state index contributed by atoms with van der Waals surface area (Å²) in [6.07, 6.45) is 0.741. The Bertz CT molecular complexity index is 1100. The number of anilines is 1. The van der Waals surface area contributed by atoms with Crippen molar-refractivity contribution < 1.29 is 22.4 Å². The minimum Gasteiger partial charge on any atom is -0.390 e. The molecular formula is C17H19N5O5S. The standard InChI is InChI=1S/C17H19N5O5S/c1-10-2-4-11(5-3-10)28(24,25)26-7-13-12(23)6-14(27-13)22-9-21-15-16(18)19-8-20-17(15)22/h2-5,8-9,12-14,23H,6-7H2,1H3,(H2,18,19,20)/t12-,13-,14-/m1/s1. The van der Waals surface area contributed by atoms with Gasteiger partial charge in [-0.1, -0.05) is 17.7 Å². The van der Waals surface area contributed by atoms with Crippen LogP contribution in [-0.2, 0) is 19.0 Å². The number of aromatic nitrogens is 4. The summed E-state index contributed by atoms with van der Waals surface area (Å²) < 4.78 is 37.2. The van der Waals surface area contributed by atoms with Gasteiger partial charge in [-0.2, -0.15) is 8.42 Å². The van der Waals surface area contributed by atoms with E-state index in [4.69, 9.17) is 14.7 Å². The normalized spacial score (nSPS) is 22.7. The highest BCUT2D eigenvalue weighted by Gasteiger charge is 2.37. The number of nitrogens with zero attached hydrogens (tertiary/aromatic N) is 4. The zero-order chi connectivity index (χ0) is 19.9. The van der Waals surface area contributed by atoms with Crippen molar-refractivity contribution >= 4 is 27.1 Å². The third kappa shape index (κ3) is 3.44. The average molecular weight is 405 g/mol. The van der Waals surface area contributed by atoms with Crippen molar-refractivity contribution in [3.63, 3.8) is 0 Å². The van der Waals surface area contributed by atoms with E-state index in [9.17, 15) is 13.5 Å². The first-order valence-corrected chi connectivity index (χ1v) is 9.98. The van der Waals surface area contributed by atoms with Crippen LogP contribution in [0.15, 0.2) is 41.8 Å². The number of benzene rings is 1. The van der Waals surface area contributed by atoms with Gasteiger partial charge < -0.3 is 15.6 Å². The molecule has 0 unspecified atom stereocenters. The van der Waals surface area contributed by atoms with Crippen molar-refractivity contribution in [3.05, 3.63) is 42.5 Å². The molecule has 1 aliphatic heterocycles. The van der Waals surface area contributed by atoms with Crippen LogP contribution in [0.25, 0.3) is 11.2 Å². The van der Waals surface area contributed by atoms with E-state index in [0.29, 0.717) is 11.2 Å². The number of aliphatic hydroxyl groups is 1. The van der Waals surface area contributed by atoms with Gasteiger partial charge >= 0.3 is 0 Å². The second kappa shape index (κ2) is 7.09. The Labute approximate surface area is 161 Å². The van der Waals surface area contributed by atoms with E-state index in [0.717, 1.165) is 5.56 Å². The number of nitrogens with two attached hydrogens (primary N) is 1. The quantitative estimate of drug-likeness (QED) is 0.588. The minimum absolute atomic E-state index is 0.0508. The van der Waals surface area contributed by atoms with Gasteiger partial charge in [0.2, 0.25) is 0 Å². The van der Waals surface area contributed by atoms with Gasteiger partial charge in [0.05, 0.1) is 23.9 Å². The van der Waals surface area contributed by atoms with Gasteiger partial charge in [-0.3, -0.25) is 8.75 Å². The van der Waals surface area contributed by atoms with Crippen molar-refractivity contribution in [1.29, 1.82) is 0 Å². The maximum atomic E-state index is 12.3. The van der Waals surface area contributed by atoms with Crippen LogP contribution in [0.1, 0.15) is 18.2 Å². The Hall–Kier alpha value is -2.60. The molecule has 0 saturated carbocycles. The molecule has 10 nitrogen and oxygen atoms in total. The Morgan fingerprint density at radius 2 is 2.04 bits per heavy atom. The number of imidazole rings is 1. The first-order valence-electron chi connectivity index (χ1n) is 8.58. The first kappa shape index (κ1) is 18.7. The largest absolute Gasteiger partial charge is 0.390 e. The maximum absolute atomic E-state index is 12.3. The van der Waals surface area contributed by atoms with Gasteiger partial charge in [-0.05, 0) is 19.1 Å². The minimum atomic E-state index is -3.95. The Morgan fingerprint density at radius 3 is 2.79 bits per heavy atom. The van der Waals surface area contributed by atoms with Crippen LogP contribution in [0.2, 0.25) is 0 Å². The molecule has 4 rings (SSSR count). The molecule has 3 atom stereocenters. The van der Waals surface area contributed by atoms with E-state index >= 15 is 0 Å². The summed E-state index contributed by atoms with van der Waals surface area (Å²) in [5.74, 6) is 0.242. The zero-order valence-corrected chi connectivity index (χ0v) is 15.8. The van der Waals surface area contributed by atoms with E-state index in [2.05, 4.69) is 15.0 Å². The second-order valence-electron chi connectivity index (χ2n) is 6.57. The molecule has 3 N–H and O–H groups in total. The van der Waals surface area contributed by atoms with E-state index in [1.165, 1.54) is 24.8 Å². The van der Waals surface area contributed by atoms with Gasteiger partial charge in [-0.25, -0.2) is 15.0 Å². The molecule has 1 aromatic carbocycles. The lowest BCUT2D eigenvalue weighted by molar-refractivity contribution is -0.0371. The number of fused-ring (bicyclic) bond motifs is 1. The van der Waals surface area contributed by atoms with Crippen LogP contribution in [0.3, 0.4) is 0 Å². The highest BCUT2D eigenvalue weighted by atomic mass is 32.2. The highest BCUT2D eigenvalue weighted by Crippen LogP contribution is 2.32. The SMILES string of the molecule is Cc1ccc(S(=O)(=O)OC[C@H]2O[C@@H](n3cnc4c(N)ncnc43)C[C@H]2O)cc1. The summed E-state index contributed by atoms with van der Waals surface area (Å²) in [6.45, 7) is 1.55. The van der Waals surface area contributed by atoms with Crippen LogP contribution in [0.4, 0.5) is 5.82 Å². The molecule has 1 saturated heterocycles. The Kier molecular flexibility index (Phi) is 4.75. The summed E-state index contributed by atoms with van der Waals surface area (Å²) in [4.78, 5) is 12.3. The van der Waals surface area contributed by atoms with Crippen LogP contribution < -0.4 is 5.73 Å². The molecule has 3 heterocycles. The molecule has 28 heavy (non-hydrogen) atoms. The lowest BCUT2D eigenvalue weighted by atomic mass is 10.2. The Balaban J connectivity index is 1.47. The summed E-state index contributed by atoms with van der Waals surface area (Å²) in [5.41, 5.74) is 7.62. The number of hydrogen-bond acceptors (Lipinski definition) is 9. The van der Waals surface area contributed by atoms with Crippen molar-refractivity contribution in [2.45, 2.75) is 36.7 Å². The predicted molar refractivity (Wildman–Crippen MR) is 98.6 cm³/mol. The van der Waals surface area contributed by atoms with Crippen molar-refractivity contribution in [3.8, 4) is 0 Å². The maximum Gasteiger partial charge on any atom is 0.297 e. The van der Waals surface area contributed by atoms with Crippen LogP contribution in [0, 0.1) is 6.92 Å². The van der Waals surface area contributed by atoms with Gasteiger partial charge in [0.15, 0.2) is 11.5 Å². The zero-order valence-electron chi connectivity index (χ0n) is 15.0. The third-order valence-corrected chi connectivity index (χ3v) is 5.89. The van der Waals surface area contributed by atoms with Crippen molar-refractivity contribution in [1.82, 2.24) is 19.5 Å². The summed E-state index contributed by atoms with van der Waals surface area (Å²) in [5, 5.41) is 10.3. The molecule has 0 spiro atoms. The Morgan fingerprint density at radius 1 is 1.29 bits per heavy atom. The van der Waals surface area contributed by atoms with Crippen molar-refractivity contribution in [2.24, 2.45) is 0 Å². The van der Waals surface area contributed by atoms with Gasteiger partial charge in [0, 0.05) is 6.42 Å². The van der Waals surface area contributed by atoms with Gasteiger partial charge in [0.1, 0.15) is 24.2 Å². The van der Waals surface area contributed by atoms with Gasteiger partial charge in [-0.15, -0.1) is 0 Å². The van der Waals surface area contributed by atoms with Crippen LogP contribution in [-0.4, -0.2) is 51.9 Å². The van der Waals surface area contributed by atoms with E-state index in [-0.39, 0.29) is 23.7 Å². The summed E-state index contributed by atoms with van der Waals surface area (Å²) >= 11 is 0. The molecule has 1 aliphatic rings. The number of aryl methyl sites for hydroxylation is 1. The molecule has 148 valence electrons. The molecular weight excluding hydrogens is 386 g/mol. The second-order valence-corrected chi connectivity index (χ2v) is 8.18. The average Bonchev–Trinajstić information content (AvgIpc) is 3.25. The van der Waals surface area contributed by atoms with Crippen molar-refractivity contribution in [2.75, 3.05) is 12.3 Å². The number of nitrogen functional groups attached to an aromatic ring is 1. The topological polar surface area (TPSA) is 142 Å². The molecule has 0 amide bonds. The molecule has 0 bridgehead atoms. The number of rotatable bonds is 5. The van der Waals surface area contributed by atoms with Crippen LogP contribution >= 0.6 is 0 Å². The summed E-state index contributed by atoms with van der Waals surface area (Å²) in [7, 11) is -3.95. The monoisotopic (exact) mass is 405 g/mol. The number of ether oxygens (including phenoxy) is 1. The predicted octanol–water partition coefficient (Wildman–Crippen LogP) is 0.771. The fourth-order valence-corrected chi connectivity index (χ4v) is 3.97. The molecule has 11 heteroatoms. The third-order valence-electron chi connectivity index (χ3n) is 4.60. The summed E-state index contributed by atoms with van der Waals surface area (Å²) in [6, 6.07) is 6.32. The first-order chi connectivity index (χ1) is 13.3. The number of hydrogen-bond donors (Lipinski definition) is 2. The fraction of sp³-hybridized carbons (Fsp3) is 0.353. The smallest absolute Gasteiger partial charge is 0.297 e. The lowest BCUT2D eigenvalue weighted by Crippen LogP contribution is -2.28. The molecule has 2 aromatic heterocycles. The van der Waals surface area contributed by atoms with E-state index < -0.39 is 28.6 Å². The molecule has 0 radical (unpaired) electrons. The molecule has 3 aromatic rings. The molecule has 0 aliphatic carbocycles. The fourth-order valence-electron chi connectivity index (χ4n) is 3.05. The van der Waals surface area contributed by atoms with E-state index in [1.54, 1.807) is 16.7 Å². The highest BCUT2D eigenvalue weighted by molar-refractivity contribution is 7.86. The number of aliphatic hydroxyl groups excluding tert-OH is 1. The van der Waals surface area contributed by atoms with E-state index in [1.807, 2.05) is 6.92 Å². The lowest BCUT2D eigenvalue weighted by Gasteiger charge is -2.16. The molecule has 1 fully saturated rings. The van der Waals surface area contributed by atoms with Gasteiger partial charge in [0.25, 0.3) is 10.1 Å².